The summed E-state index contributed by atoms with van der Waals surface area (Å²) in [5.74, 6) is 1.23. The van der Waals surface area contributed by atoms with Gasteiger partial charge in [-0.05, 0) is 42.8 Å². The molecule has 3 aromatic rings. The maximum atomic E-state index is 12.7. The maximum Gasteiger partial charge on any atom is 0.279 e. The maximum absolute atomic E-state index is 12.7. The van der Waals surface area contributed by atoms with Crippen LogP contribution in [0.5, 0.6) is 11.5 Å². The van der Waals surface area contributed by atoms with Gasteiger partial charge in [-0.15, -0.1) is 6.58 Å². The zero-order chi connectivity index (χ0) is 20.6. The largest absolute Gasteiger partial charge is 0.495 e. The number of unbranched alkanes of at least 4 members (excludes halogenated alkanes) is 2. The van der Waals surface area contributed by atoms with Crippen LogP contribution in [0.4, 0.5) is 0 Å². The number of aromatic nitrogens is 1. The molecule has 0 atom stereocenters. The third-order valence-corrected chi connectivity index (χ3v) is 5.55. The molecule has 5 nitrogen and oxygen atoms in total. The molecular formula is C23H26N2O3S. The average Bonchev–Trinajstić information content (AvgIpc) is 3.09. The lowest BCUT2D eigenvalue weighted by molar-refractivity contribution is 0.0998. The van der Waals surface area contributed by atoms with Crippen molar-refractivity contribution in [3.05, 3.63) is 65.5 Å². The van der Waals surface area contributed by atoms with Gasteiger partial charge in [0.25, 0.3) is 5.91 Å². The Morgan fingerprint density at radius 3 is 2.69 bits per heavy atom. The topological polar surface area (TPSA) is 52.8 Å². The van der Waals surface area contributed by atoms with Crippen LogP contribution in [0, 0.1) is 0 Å². The number of allylic oxidation sites excluding steroid dienone is 1. The molecule has 0 aliphatic rings. The number of carbonyl (C=O) groups excluding carboxylic acids is 1. The van der Waals surface area contributed by atoms with Crippen molar-refractivity contribution in [1.29, 1.82) is 0 Å². The first-order valence-electron chi connectivity index (χ1n) is 9.77. The number of hydrogen-bond acceptors (Lipinski definition) is 4. The van der Waals surface area contributed by atoms with Gasteiger partial charge in [0, 0.05) is 12.1 Å². The van der Waals surface area contributed by atoms with Crippen molar-refractivity contribution >= 4 is 27.5 Å². The summed E-state index contributed by atoms with van der Waals surface area (Å²) in [4.78, 5) is 17.7. The van der Waals surface area contributed by atoms with E-state index in [0.717, 1.165) is 41.0 Å². The van der Waals surface area contributed by atoms with Crippen LogP contribution >= 0.6 is 11.3 Å². The molecule has 2 aromatic carbocycles. The highest BCUT2D eigenvalue weighted by atomic mass is 32.1. The molecule has 0 saturated carbocycles. The molecule has 1 heterocycles. The fourth-order valence-corrected chi connectivity index (χ4v) is 4.09. The number of methoxy groups -OCH3 is 1. The number of fused-ring (bicyclic) bond motifs is 1. The standard InChI is InChI=1S/C23H26N2O3S/c1-4-6-7-16-28-18-13-11-17(12-14-18)22(26)24-23-25(15-5-2)21-19(27-3)9-8-10-20(21)29-23/h5,8-14H,2,4,6-7,15-16H2,1,3H3. The van der Waals surface area contributed by atoms with E-state index in [1.54, 1.807) is 25.3 Å². The lowest BCUT2D eigenvalue weighted by atomic mass is 10.2. The van der Waals surface area contributed by atoms with Crippen LogP contribution in [-0.2, 0) is 6.54 Å². The molecule has 6 heteroatoms. The van der Waals surface area contributed by atoms with E-state index < -0.39 is 0 Å². The molecule has 0 aliphatic heterocycles. The number of thiazole rings is 1. The van der Waals surface area contributed by atoms with Gasteiger partial charge in [0.2, 0.25) is 0 Å². The van der Waals surface area contributed by atoms with E-state index >= 15 is 0 Å². The Kier molecular flexibility index (Phi) is 7.25. The molecule has 0 spiro atoms. The van der Waals surface area contributed by atoms with Crippen LogP contribution in [0.15, 0.2) is 60.1 Å². The molecule has 0 aliphatic carbocycles. The second kappa shape index (κ2) is 10.1. The summed E-state index contributed by atoms with van der Waals surface area (Å²) in [6.45, 7) is 7.22. The molecule has 29 heavy (non-hydrogen) atoms. The summed E-state index contributed by atoms with van der Waals surface area (Å²) in [5.41, 5.74) is 1.45. The van der Waals surface area contributed by atoms with Crippen molar-refractivity contribution in [2.75, 3.05) is 13.7 Å². The number of amides is 1. The number of rotatable bonds is 9. The molecule has 0 radical (unpaired) electrons. The first kappa shape index (κ1) is 20.9. The minimum atomic E-state index is -0.286. The second-order valence-electron chi connectivity index (χ2n) is 6.59. The molecule has 152 valence electrons. The van der Waals surface area contributed by atoms with Crippen molar-refractivity contribution in [1.82, 2.24) is 4.57 Å². The van der Waals surface area contributed by atoms with E-state index in [4.69, 9.17) is 9.47 Å². The minimum absolute atomic E-state index is 0.286. The van der Waals surface area contributed by atoms with Gasteiger partial charge >= 0.3 is 0 Å². The van der Waals surface area contributed by atoms with E-state index in [1.165, 1.54) is 11.3 Å². The number of hydrogen-bond donors (Lipinski definition) is 0. The van der Waals surface area contributed by atoms with E-state index in [1.807, 2.05) is 34.9 Å². The molecule has 0 unspecified atom stereocenters. The Bertz CT molecular complexity index is 1050. The van der Waals surface area contributed by atoms with Gasteiger partial charge in [0.05, 0.1) is 18.4 Å². The monoisotopic (exact) mass is 410 g/mol. The molecule has 3 rings (SSSR count). The number of benzene rings is 2. The van der Waals surface area contributed by atoms with Gasteiger partial charge in [0.1, 0.15) is 17.0 Å². The molecule has 0 bridgehead atoms. The third kappa shape index (κ3) is 4.95. The zero-order valence-corrected chi connectivity index (χ0v) is 17.7. The first-order chi connectivity index (χ1) is 14.2. The summed E-state index contributed by atoms with van der Waals surface area (Å²) in [6.07, 6.45) is 5.13. The molecule has 1 amide bonds. The van der Waals surface area contributed by atoms with E-state index in [-0.39, 0.29) is 5.91 Å². The number of para-hydroxylation sites is 1. The first-order valence-corrected chi connectivity index (χ1v) is 10.6. The normalized spacial score (nSPS) is 11.6. The van der Waals surface area contributed by atoms with Crippen LogP contribution in [-0.4, -0.2) is 24.2 Å². The highest BCUT2D eigenvalue weighted by Crippen LogP contribution is 2.27. The van der Waals surface area contributed by atoms with Gasteiger partial charge in [0.15, 0.2) is 4.80 Å². The van der Waals surface area contributed by atoms with Crippen molar-refractivity contribution in [2.24, 2.45) is 4.99 Å². The van der Waals surface area contributed by atoms with E-state index in [2.05, 4.69) is 18.5 Å². The zero-order valence-electron chi connectivity index (χ0n) is 16.9. The lowest BCUT2D eigenvalue weighted by Gasteiger charge is -2.06. The molecule has 0 fully saturated rings. The molecule has 0 N–H and O–H groups in total. The van der Waals surface area contributed by atoms with Crippen LogP contribution in [0.3, 0.4) is 0 Å². The molecule has 1 aromatic heterocycles. The highest BCUT2D eigenvalue weighted by molar-refractivity contribution is 7.16. The van der Waals surface area contributed by atoms with Gasteiger partial charge < -0.3 is 14.0 Å². The SMILES string of the molecule is C=CCn1c(=NC(=O)c2ccc(OCCCCC)cc2)sc2cccc(OC)c21. The van der Waals surface area contributed by atoms with Crippen molar-refractivity contribution in [3.63, 3.8) is 0 Å². The van der Waals surface area contributed by atoms with Crippen LogP contribution in [0.2, 0.25) is 0 Å². The van der Waals surface area contributed by atoms with Crippen molar-refractivity contribution in [2.45, 2.75) is 32.7 Å². The molecular weight excluding hydrogens is 384 g/mol. The highest BCUT2D eigenvalue weighted by Gasteiger charge is 2.12. The van der Waals surface area contributed by atoms with E-state index in [0.29, 0.717) is 23.5 Å². The Hall–Kier alpha value is -2.86. The van der Waals surface area contributed by atoms with Gasteiger partial charge in [-0.3, -0.25) is 4.79 Å². The fraction of sp³-hybridized carbons (Fsp3) is 0.304. The minimum Gasteiger partial charge on any atom is -0.495 e. The van der Waals surface area contributed by atoms with Gasteiger partial charge in [-0.1, -0.05) is 43.2 Å². The van der Waals surface area contributed by atoms with E-state index in [9.17, 15) is 4.79 Å². The predicted octanol–water partition coefficient (Wildman–Crippen LogP) is 5.21. The lowest BCUT2D eigenvalue weighted by Crippen LogP contribution is -2.16. The Morgan fingerprint density at radius 2 is 2.00 bits per heavy atom. The van der Waals surface area contributed by atoms with Crippen molar-refractivity contribution < 1.29 is 14.3 Å². The number of nitrogens with zero attached hydrogens (tertiary/aromatic N) is 2. The Morgan fingerprint density at radius 1 is 1.21 bits per heavy atom. The van der Waals surface area contributed by atoms with Crippen LogP contribution in [0.1, 0.15) is 36.5 Å². The number of ether oxygens (including phenoxy) is 2. The third-order valence-electron chi connectivity index (χ3n) is 4.51. The summed E-state index contributed by atoms with van der Waals surface area (Å²) >= 11 is 1.46. The summed E-state index contributed by atoms with van der Waals surface area (Å²) < 4.78 is 14.2. The quantitative estimate of drug-likeness (QED) is 0.359. The molecule has 0 saturated heterocycles. The average molecular weight is 411 g/mol. The Balaban J connectivity index is 1.87. The fourth-order valence-electron chi connectivity index (χ4n) is 3.03. The Labute approximate surface area is 174 Å². The van der Waals surface area contributed by atoms with Crippen LogP contribution < -0.4 is 14.3 Å². The second-order valence-corrected chi connectivity index (χ2v) is 7.60. The summed E-state index contributed by atoms with van der Waals surface area (Å²) in [6, 6.07) is 13.0. The van der Waals surface area contributed by atoms with Crippen molar-refractivity contribution in [3.8, 4) is 11.5 Å². The summed E-state index contributed by atoms with van der Waals surface area (Å²) in [5, 5.41) is 0. The van der Waals surface area contributed by atoms with Crippen LogP contribution in [0.25, 0.3) is 10.2 Å². The number of carbonyl (C=O) groups is 1. The van der Waals surface area contributed by atoms with Gasteiger partial charge in [-0.2, -0.15) is 4.99 Å². The predicted molar refractivity (Wildman–Crippen MR) is 118 cm³/mol. The smallest absolute Gasteiger partial charge is 0.279 e. The summed E-state index contributed by atoms with van der Waals surface area (Å²) in [7, 11) is 1.64. The van der Waals surface area contributed by atoms with Gasteiger partial charge in [-0.25, -0.2) is 0 Å².